The smallest absolute Gasteiger partial charge is 0.246 e. The van der Waals surface area contributed by atoms with Gasteiger partial charge in [0.2, 0.25) is 11.8 Å². The number of carbonyl (C=O) groups is 3. The number of halogens is 3. The van der Waals surface area contributed by atoms with Gasteiger partial charge in [-0.05, 0) is 37.6 Å². The fourth-order valence-electron chi connectivity index (χ4n) is 2.98. The average molecular weight is 504 g/mol. The Balaban J connectivity index is 0.00000480. The minimum Gasteiger partial charge on any atom is -0.365 e. The van der Waals surface area contributed by atoms with Crippen molar-refractivity contribution in [3.05, 3.63) is 64.7 Å². The first-order chi connectivity index (χ1) is 14.3. The minimum absolute atomic E-state index is 0. The van der Waals surface area contributed by atoms with Crippen LogP contribution in [0, 0.1) is 0 Å². The van der Waals surface area contributed by atoms with Crippen LogP contribution in [-0.2, 0) is 9.59 Å². The van der Waals surface area contributed by atoms with Crippen LogP contribution >= 0.6 is 36.4 Å². The summed E-state index contributed by atoms with van der Waals surface area (Å²) in [4.78, 5) is 39.0. The van der Waals surface area contributed by atoms with E-state index in [9.17, 15) is 14.4 Å². The van der Waals surface area contributed by atoms with E-state index >= 15 is 0 Å². The number of unbranched alkanes of at least 4 members (excludes halogenated alkanes) is 1. The van der Waals surface area contributed by atoms with Gasteiger partial charge in [-0.1, -0.05) is 48.4 Å². The van der Waals surface area contributed by atoms with Crippen molar-refractivity contribution in [3.63, 3.8) is 0 Å². The van der Waals surface area contributed by atoms with Gasteiger partial charge in [-0.3, -0.25) is 19.7 Å². The van der Waals surface area contributed by atoms with Crippen LogP contribution in [0.2, 0.25) is 5.02 Å². The summed E-state index contributed by atoms with van der Waals surface area (Å²) in [6.45, 7) is 0.404. The third-order valence-corrected chi connectivity index (χ3v) is 4.83. The third-order valence-electron chi connectivity index (χ3n) is 4.60. The predicted molar refractivity (Wildman–Crippen MR) is 133 cm³/mol. The van der Waals surface area contributed by atoms with Crippen LogP contribution in [0.1, 0.15) is 35.2 Å². The maximum absolute atomic E-state index is 12.9. The van der Waals surface area contributed by atoms with Gasteiger partial charge >= 0.3 is 0 Å². The first-order valence-corrected chi connectivity index (χ1v) is 10.1. The van der Waals surface area contributed by atoms with Crippen molar-refractivity contribution < 1.29 is 14.4 Å². The Labute approximate surface area is 205 Å². The van der Waals surface area contributed by atoms with Gasteiger partial charge in [0.25, 0.3) is 0 Å². The van der Waals surface area contributed by atoms with Crippen molar-refractivity contribution >= 4 is 59.7 Å². The van der Waals surface area contributed by atoms with Crippen molar-refractivity contribution in [1.29, 1.82) is 0 Å². The zero-order valence-corrected chi connectivity index (χ0v) is 20.1. The summed E-state index contributed by atoms with van der Waals surface area (Å²) in [6, 6.07) is 12.9. The molecule has 10 heteroatoms. The van der Waals surface area contributed by atoms with Crippen LogP contribution < -0.4 is 21.7 Å². The van der Waals surface area contributed by atoms with Crippen LogP contribution in [0.25, 0.3) is 0 Å². The van der Waals surface area contributed by atoms with E-state index in [0.717, 1.165) is 12.8 Å². The number of likely N-dealkylation sites (N-methyl/N-ethyl adjacent to an activating group) is 1. The Morgan fingerprint density at radius 1 is 1.06 bits per heavy atom. The monoisotopic (exact) mass is 502 g/mol. The molecular weight excluding hydrogens is 475 g/mol. The van der Waals surface area contributed by atoms with Crippen molar-refractivity contribution in [1.82, 2.24) is 5.32 Å². The molecule has 0 radical (unpaired) electrons. The zero-order chi connectivity index (χ0) is 22.1. The molecule has 0 spiro atoms. The SMILES string of the molecule is CN(CC(=O)NC(=O)[C@@H](N)CCCCN)c1ccc(Cl)cc1C(=O)c1ccccc1.Cl.Cl. The fourth-order valence-corrected chi connectivity index (χ4v) is 3.15. The summed E-state index contributed by atoms with van der Waals surface area (Å²) in [5.74, 6) is -1.25. The predicted octanol–water partition coefficient (Wildman–Crippen LogP) is 2.95. The number of ketones is 1. The number of rotatable bonds is 10. The summed E-state index contributed by atoms with van der Waals surface area (Å²) in [5, 5.41) is 2.72. The molecule has 0 aliphatic heterocycles. The molecule has 2 rings (SSSR count). The molecule has 0 saturated heterocycles. The molecule has 0 aliphatic rings. The number of carbonyl (C=O) groups excluding carboxylic acids is 3. The highest BCUT2D eigenvalue weighted by Crippen LogP contribution is 2.26. The number of nitrogens with two attached hydrogens (primary N) is 2. The molecule has 7 nitrogen and oxygen atoms in total. The fraction of sp³-hybridized carbons (Fsp3) is 0.318. The molecule has 1 atom stereocenters. The maximum atomic E-state index is 12.9. The molecular formula is C22H29Cl3N4O3. The lowest BCUT2D eigenvalue weighted by Crippen LogP contribution is -2.46. The van der Waals surface area contributed by atoms with Crippen LogP contribution in [0.5, 0.6) is 0 Å². The average Bonchev–Trinajstić information content (AvgIpc) is 2.73. The highest BCUT2D eigenvalue weighted by atomic mass is 35.5. The van der Waals surface area contributed by atoms with Gasteiger partial charge in [-0.15, -0.1) is 24.8 Å². The van der Waals surface area contributed by atoms with Gasteiger partial charge in [0.05, 0.1) is 12.6 Å². The highest BCUT2D eigenvalue weighted by molar-refractivity contribution is 6.31. The number of imide groups is 1. The van der Waals surface area contributed by atoms with Crippen molar-refractivity contribution in [3.8, 4) is 0 Å². The van der Waals surface area contributed by atoms with E-state index < -0.39 is 17.9 Å². The van der Waals surface area contributed by atoms with Crippen LogP contribution in [-0.4, -0.2) is 43.8 Å². The second-order valence-corrected chi connectivity index (χ2v) is 7.45. The van der Waals surface area contributed by atoms with Crippen LogP contribution in [0.15, 0.2) is 48.5 Å². The normalized spacial score (nSPS) is 10.9. The van der Waals surface area contributed by atoms with E-state index in [0.29, 0.717) is 34.8 Å². The molecule has 0 heterocycles. The third kappa shape index (κ3) is 8.76. The number of hydrogen-bond donors (Lipinski definition) is 3. The Hall–Kier alpha value is -2.16. The number of nitrogens with one attached hydrogen (secondary N) is 1. The lowest BCUT2D eigenvalue weighted by atomic mass is 10.0. The van der Waals surface area contributed by atoms with E-state index in [1.54, 1.807) is 54.4 Å². The highest BCUT2D eigenvalue weighted by Gasteiger charge is 2.20. The van der Waals surface area contributed by atoms with Crippen LogP contribution in [0.3, 0.4) is 0 Å². The molecule has 5 N–H and O–H groups in total. The molecule has 2 aromatic rings. The molecule has 0 saturated carbocycles. The Morgan fingerprint density at radius 3 is 2.34 bits per heavy atom. The molecule has 32 heavy (non-hydrogen) atoms. The molecule has 0 aromatic heterocycles. The summed E-state index contributed by atoms with van der Waals surface area (Å²) in [6.07, 6.45) is 1.94. The molecule has 2 aromatic carbocycles. The number of anilines is 1. The molecule has 0 bridgehead atoms. The standard InChI is InChI=1S/C22H27ClN4O3.2ClH/c1-27(14-20(28)26-22(30)18(25)9-5-6-12-24)19-11-10-16(23)13-17(19)21(29)15-7-3-2-4-8-15;;/h2-4,7-8,10-11,13,18H,5-6,9,12,14,24-25H2,1H3,(H,26,28,30);2*1H/t18-;;/m0../s1. The van der Waals surface area contributed by atoms with Gasteiger partial charge in [-0.2, -0.15) is 0 Å². The first-order valence-electron chi connectivity index (χ1n) is 9.73. The van der Waals surface area contributed by atoms with Gasteiger partial charge < -0.3 is 16.4 Å². The maximum Gasteiger partial charge on any atom is 0.246 e. The van der Waals surface area contributed by atoms with Gasteiger partial charge in [0, 0.05) is 28.9 Å². The number of amides is 2. The quantitative estimate of drug-likeness (QED) is 0.339. The number of hydrogen-bond acceptors (Lipinski definition) is 6. The van der Waals surface area contributed by atoms with E-state index in [4.69, 9.17) is 23.1 Å². The minimum atomic E-state index is -0.767. The second-order valence-electron chi connectivity index (χ2n) is 7.02. The summed E-state index contributed by atoms with van der Waals surface area (Å²) >= 11 is 6.10. The van der Waals surface area contributed by atoms with E-state index in [1.807, 2.05) is 6.07 Å². The largest absolute Gasteiger partial charge is 0.365 e. The molecule has 0 aliphatic carbocycles. The Morgan fingerprint density at radius 2 is 1.72 bits per heavy atom. The second kappa shape index (κ2) is 14.8. The topological polar surface area (TPSA) is 119 Å². The lowest BCUT2D eigenvalue weighted by molar-refractivity contribution is -0.130. The first kappa shape index (κ1) is 29.8. The van der Waals surface area contributed by atoms with E-state index in [-0.39, 0.29) is 37.1 Å². The number of nitrogens with zero attached hydrogens (tertiary/aromatic N) is 1. The van der Waals surface area contributed by atoms with Gasteiger partial charge in [0.15, 0.2) is 5.78 Å². The van der Waals surface area contributed by atoms with Gasteiger partial charge in [0.1, 0.15) is 0 Å². The summed E-state index contributed by atoms with van der Waals surface area (Å²) in [7, 11) is 1.66. The molecule has 176 valence electrons. The van der Waals surface area contributed by atoms with E-state index in [2.05, 4.69) is 5.32 Å². The summed E-state index contributed by atoms with van der Waals surface area (Å²) in [5.41, 5.74) is 12.7. The van der Waals surface area contributed by atoms with Gasteiger partial charge in [-0.25, -0.2) is 0 Å². The van der Waals surface area contributed by atoms with E-state index in [1.165, 1.54) is 0 Å². The van der Waals surface area contributed by atoms with Crippen molar-refractivity contribution in [2.24, 2.45) is 11.5 Å². The van der Waals surface area contributed by atoms with Crippen molar-refractivity contribution in [2.45, 2.75) is 25.3 Å². The zero-order valence-electron chi connectivity index (χ0n) is 17.8. The Kier molecular flexibility index (Phi) is 13.8. The lowest BCUT2D eigenvalue weighted by Gasteiger charge is -2.22. The van der Waals surface area contributed by atoms with Crippen LogP contribution in [0.4, 0.5) is 5.69 Å². The van der Waals surface area contributed by atoms with Crippen molar-refractivity contribution in [2.75, 3.05) is 25.0 Å². The summed E-state index contributed by atoms with van der Waals surface area (Å²) < 4.78 is 0. The molecule has 0 unspecified atom stereocenters. The molecule has 0 fully saturated rings. The Bertz CT molecular complexity index is 897. The number of benzene rings is 2. The molecule has 2 amide bonds.